The predicted molar refractivity (Wildman–Crippen MR) is 104 cm³/mol. The number of para-hydroxylation sites is 1. The highest BCUT2D eigenvalue weighted by Gasteiger charge is 2.33. The van der Waals surface area contributed by atoms with Gasteiger partial charge in [-0.15, -0.1) is 0 Å². The molecule has 0 atom stereocenters. The molecule has 1 aliphatic rings. The van der Waals surface area contributed by atoms with Gasteiger partial charge in [-0.05, 0) is 51.3 Å². The summed E-state index contributed by atoms with van der Waals surface area (Å²) in [5.74, 6) is 0.121. The number of hydrogen-bond donors (Lipinski definition) is 0. The molecule has 1 aromatic carbocycles. The summed E-state index contributed by atoms with van der Waals surface area (Å²) < 4.78 is 3.69. The molecule has 0 aliphatic heterocycles. The predicted octanol–water partition coefficient (Wildman–Crippen LogP) is 3.19. The van der Waals surface area contributed by atoms with E-state index < -0.39 is 0 Å². The number of aryl methyl sites for hydroxylation is 1. The zero-order chi connectivity index (χ0) is 19.0. The summed E-state index contributed by atoms with van der Waals surface area (Å²) in [6, 6.07) is 10.4. The molecule has 1 saturated carbocycles. The van der Waals surface area contributed by atoms with E-state index in [0.717, 1.165) is 41.0 Å². The molecule has 1 fully saturated rings. The molecular weight excluding hydrogens is 338 g/mol. The van der Waals surface area contributed by atoms with Crippen molar-refractivity contribution >= 4 is 5.91 Å². The van der Waals surface area contributed by atoms with E-state index in [4.69, 9.17) is 0 Å². The standard InChI is InChI=1S/C21H25N5O/c1-15-16(2)23-25(17(15)3)14-21(27)24(19-9-10-19)12-18-11-22-26(13-18)20-7-5-4-6-8-20/h4-8,11,13,19H,9-10,12,14H2,1-3H3. The first-order chi connectivity index (χ1) is 13.0. The summed E-state index contributed by atoms with van der Waals surface area (Å²) in [6.07, 6.45) is 6.01. The Morgan fingerprint density at radius 2 is 1.93 bits per heavy atom. The lowest BCUT2D eigenvalue weighted by Crippen LogP contribution is -2.35. The second-order valence-corrected chi connectivity index (χ2v) is 7.33. The normalized spacial score (nSPS) is 13.7. The van der Waals surface area contributed by atoms with Crippen LogP contribution in [0.3, 0.4) is 0 Å². The first-order valence-corrected chi connectivity index (χ1v) is 9.42. The Labute approximate surface area is 159 Å². The van der Waals surface area contributed by atoms with Crippen LogP contribution in [0.4, 0.5) is 0 Å². The van der Waals surface area contributed by atoms with Gasteiger partial charge in [0.05, 0.1) is 17.6 Å². The summed E-state index contributed by atoms with van der Waals surface area (Å²) >= 11 is 0. The third kappa shape index (κ3) is 3.65. The van der Waals surface area contributed by atoms with Crippen molar-refractivity contribution in [2.24, 2.45) is 0 Å². The van der Waals surface area contributed by atoms with Crippen molar-refractivity contribution < 1.29 is 4.79 Å². The molecule has 6 heteroatoms. The third-order valence-corrected chi connectivity index (χ3v) is 5.35. The van der Waals surface area contributed by atoms with Gasteiger partial charge in [-0.2, -0.15) is 10.2 Å². The number of carbonyl (C=O) groups excluding carboxylic acids is 1. The van der Waals surface area contributed by atoms with Crippen LogP contribution in [0.25, 0.3) is 5.69 Å². The molecule has 0 radical (unpaired) electrons. The fourth-order valence-electron chi connectivity index (χ4n) is 3.33. The Bertz CT molecular complexity index is 952. The highest BCUT2D eigenvalue weighted by atomic mass is 16.2. The number of rotatable bonds is 6. The number of hydrogen-bond acceptors (Lipinski definition) is 3. The van der Waals surface area contributed by atoms with Crippen LogP contribution in [-0.4, -0.2) is 36.4 Å². The molecular formula is C21H25N5O. The molecule has 140 valence electrons. The topological polar surface area (TPSA) is 56.0 Å². The van der Waals surface area contributed by atoms with Gasteiger partial charge >= 0.3 is 0 Å². The van der Waals surface area contributed by atoms with E-state index in [1.165, 1.54) is 0 Å². The molecule has 2 heterocycles. The van der Waals surface area contributed by atoms with Gasteiger partial charge in [0.1, 0.15) is 6.54 Å². The molecule has 1 amide bonds. The SMILES string of the molecule is Cc1nn(CC(=O)N(Cc2cnn(-c3ccccc3)c2)C2CC2)c(C)c1C. The summed E-state index contributed by atoms with van der Waals surface area (Å²) in [5, 5.41) is 8.97. The maximum atomic E-state index is 13.0. The fraction of sp³-hybridized carbons (Fsp3) is 0.381. The van der Waals surface area contributed by atoms with Crippen LogP contribution < -0.4 is 0 Å². The molecule has 3 aromatic rings. The minimum Gasteiger partial charge on any atom is -0.334 e. The van der Waals surface area contributed by atoms with Crippen molar-refractivity contribution in [3.05, 3.63) is 65.2 Å². The fourth-order valence-corrected chi connectivity index (χ4v) is 3.33. The Morgan fingerprint density at radius 1 is 1.19 bits per heavy atom. The Kier molecular flexibility index (Phi) is 4.56. The van der Waals surface area contributed by atoms with Crippen molar-refractivity contribution in [1.29, 1.82) is 0 Å². The maximum Gasteiger partial charge on any atom is 0.244 e. The van der Waals surface area contributed by atoms with Gasteiger partial charge in [0.25, 0.3) is 0 Å². The highest BCUT2D eigenvalue weighted by Crippen LogP contribution is 2.29. The minimum absolute atomic E-state index is 0.121. The molecule has 0 unspecified atom stereocenters. The van der Waals surface area contributed by atoms with Crippen molar-refractivity contribution in [1.82, 2.24) is 24.5 Å². The van der Waals surface area contributed by atoms with Crippen molar-refractivity contribution in [2.75, 3.05) is 0 Å². The van der Waals surface area contributed by atoms with E-state index in [1.807, 2.05) is 70.8 Å². The lowest BCUT2D eigenvalue weighted by atomic mass is 10.2. The molecule has 0 spiro atoms. The van der Waals surface area contributed by atoms with Gasteiger partial charge < -0.3 is 4.90 Å². The average Bonchev–Trinajstić information content (AvgIpc) is 3.36. The van der Waals surface area contributed by atoms with Crippen LogP contribution in [0.15, 0.2) is 42.7 Å². The molecule has 2 aromatic heterocycles. The van der Waals surface area contributed by atoms with E-state index >= 15 is 0 Å². The number of nitrogens with zero attached hydrogens (tertiary/aromatic N) is 5. The molecule has 0 saturated heterocycles. The van der Waals surface area contributed by atoms with Gasteiger partial charge in [0, 0.05) is 30.0 Å². The number of amides is 1. The van der Waals surface area contributed by atoms with Crippen molar-refractivity contribution in [2.45, 2.75) is 52.7 Å². The molecule has 1 aliphatic carbocycles. The number of benzene rings is 1. The zero-order valence-corrected chi connectivity index (χ0v) is 16.1. The van der Waals surface area contributed by atoms with Gasteiger partial charge in [-0.3, -0.25) is 9.48 Å². The summed E-state index contributed by atoms with van der Waals surface area (Å²) in [6.45, 7) is 6.95. The van der Waals surface area contributed by atoms with Gasteiger partial charge in [-0.1, -0.05) is 18.2 Å². The minimum atomic E-state index is 0.121. The number of aromatic nitrogens is 4. The maximum absolute atomic E-state index is 13.0. The van der Waals surface area contributed by atoms with Crippen LogP contribution in [0.2, 0.25) is 0 Å². The first-order valence-electron chi connectivity index (χ1n) is 9.42. The Hall–Kier alpha value is -2.89. The van der Waals surface area contributed by atoms with Gasteiger partial charge in [-0.25, -0.2) is 4.68 Å². The summed E-state index contributed by atoms with van der Waals surface area (Å²) in [7, 11) is 0. The zero-order valence-electron chi connectivity index (χ0n) is 16.1. The highest BCUT2D eigenvalue weighted by molar-refractivity contribution is 5.76. The second-order valence-electron chi connectivity index (χ2n) is 7.33. The largest absolute Gasteiger partial charge is 0.334 e. The van der Waals surface area contributed by atoms with Crippen molar-refractivity contribution in [3.8, 4) is 5.69 Å². The quantitative estimate of drug-likeness (QED) is 0.676. The van der Waals surface area contributed by atoms with Gasteiger partial charge in [0.2, 0.25) is 5.91 Å². The van der Waals surface area contributed by atoms with E-state index in [-0.39, 0.29) is 5.91 Å². The molecule has 0 bridgehead atoms. The van der Waals surface area contributed by atoms with E-state index in [0.29, 0.717) is 19.1 Å². The molecule has 6 nitrogen and oxygen atoms in total. The second kappa shape index (κ2) is 7.02. The van der Waals surface area contributed by atoms with Crippen LogP contribution in [0, 0.1) is 20.8 Å². The lowest BCUT2D eigenvalue weighted by Gasteiger charge is -2.22. The smallest absolute Gasteiger partial charge is 0.244 e. The van der Waals surface area contributed by atoms with E-state index in [2.05, 4.69) is 17.1 Å². The molecule has 27 heavy (non-hydrogen) atoms. The molecule has 0 N–H and O–H groups in total. The summed E-state index contributed by atoms with van der Waals surface area (Å²) in [5.41, 5.74) is 5.27. The number of carbonyl (C=O) groups is 1. The third-order valence-electron chi connectivity index (χ3n) is 5.35. The average molecular weight is 363 g/mol. The Morgan fingerprint density at radius 3 is 2.56 bits per heavy atom. The molecule has 4 rings (SSSR count). The van der Waals surface area contributed by atoms with Gasteiger partial charge in [0.15, 0.2) is 0 Å². The monoisotopic (exact) mass is 363 g/mol. The van der Waals surface area contributed by atoms with E-state index in [9.17, 15) is 4.79 Å². The van der Waals surface area contributed by atoms with Crippen LogP contribution >= 0.6 is 0 Å². The van der Waals surface area contributed by atoms with Crippen LogP contribution in [0.5, 0.6) is 0 Å². The van der Waals surface area contributed by atoms with Crippen LogP contribution in [0.1, 0.15) is 35.4 Å². The lowest BCUT2D eigenvalue weighted by molar-refractivity contribution is -0.133. The van der Waals surface area contributed by atoms with E-state index in [1.54, 1.807) is 0 Å². The summed E-state index contributed by atoms with van der Waals surface area (Å²) in [4.78, 5) is 15.0. The Balaban J connectivity index is 1.49. The first kappa shape index (κ1) is 17.5. The van der Waals surface area contributed by atoms with Crippen molar-refractivity contribution in [3.63, 3.8) is 0 Å². The van der Waals surface area contributed by atoms with Crippen LogP contribution in [-0.2, 0) is 17.9 Å².